The highest BCUT2D eigenvalue weighted by atomic mass is 32.2. The van der Waals surface area contributed by atoms with Crippen molar-refractivity contribution in [2.24, 2.45) is 0 Å². The van der Waals surface area contributed by atoms with Crippen LogP contribution in [-0.4, -0.2) is 50.7 Å². The molecule has 6 atom stereocenters. The molecule has 0 radical (unpaired) electrons. The summed E-state index contributed by atoms with van der Waals surface area (Å²) < 4.78 is 33.6. The number of esters is 1. The number of fused-ring (bicyclic) bond motifs is 2. The van der Waals surface area contributed by atoms with E-state index in [0.29, 0.717) is 11.3 Å². The summed E-state index contributed by atoms with van der Waals surface area (Å²) >= 11 is 0. The molecule has 2 heterocycles. The molecule has 0 bridgehead atoms. The number of rotatable bonds is 8. The Morgan fingerprint density at radius 2 is 1.68 bits per heavy atom. The molecule has 3 aromatic carbocycles. The van der Waals surface area contributed by atoms with Crippen molar-refractivity contribution in [3.63, 3.8) is 0 Å². The second-order valence-electron chi connectivity index (χ2n) is 9.89. The standard InChI is InChI=1S/C31H28N2O6S/c1-38-22-14-12-20(13-15-22)18-39-31(36)27-24-17-23(21-10-6-3-7-11-21)28(24)40(37)30-26(29(35)33(27)30)32-25(34)16-19-8-4-2-5-9-19/h2-15,23,26,28,30H,16-18H2,1H3,(H,32,34)/t23-,26+,28-,30+,40-/m0/s1/i17D/t17-,23-,26+,28-,30+,40-. The molecule has 2 fully saturated rings. The van der Waals surface area contributed by atoms with Crippen molar-refractivity contribution in [2.75, 3.05) is 7.11 Å². The van der Waals surface area contributed by atoms with E-state index in [9.17, 15) is 18.6 Å². The van der Waals surface area contributed by atoms with E-state index in [2.05, 4.69) is 5.32 Å². The SMILES string of the molecule is [2H][C@@H]1C2=C(C(=O)OCc3ccc(OC)cc3)N3C(=O)[C@@H](NC(=O)Cc4ccccc4)[C@H]3[S@@](=O)[C@H]2[C@@H]1c1ccccc1. The van der Waals surface area contributed by atoms with Crippen molar-refractivity contribution in [1.29, 1.82) is 0 Å². The zero-order valence-electron chi connectivity index (χ0n) is 22.7. The summed E-state index contributed by atoms with van der Waals surface area (Å²) in [7, 11) is -0.113. The first-order valence-electron chi connectivity index (χ1n) is 13.5. The lowest BCUT2D eigenvalue weighted by Crippen LogP contribution is -2.75. The van der Waals surface area contributed by atoms with Gasteiger partial charge in [0, 0.05) is 7.29 Å². The minimum Gasteiger partial charge on any atom is -0.497 e. The second-order valence-corrected chi connectivity index (χ2v) is 11.5. The van der Waals surface area contributed by atoms with Gasteiger partial charge in [0.1, 0.15) is 29.5 Å². The molecule has 1 aliphatic carbocycles. The van der Waals surface area contributed by atoms with Crippen LogP contribution < -0.4 is 10.1 Å². The van der Waals surface area contributed by atoms with Gasteiger partial charge in [-0.05, 0) is 40.8 Å². The Hall–Kier alpha value is -4.24. The summed E-state index contributed by atoms with van der Waals surface area (Å²) in [5.41, 5.74) is 2.65. The number of amides is 2. The lowest BCUT2D eigenvalue weighted by atomic mass is 9.73. The molecule has 0 spiro atoms. The van der Waals surface area contributed by atoms with Crippen molar-refractivity contribution >= 4 is 28.6 Å². The first-order valence-corrected chi connectivity index (χ1v) is 14.2. The summed E-state index contributed by atoms with van der Waals surface area (Å²) in [6, 6.07) is 24.4. The number of hydrogen-bond donors (Lipinski definition) is 1. The van der Waals surface area contributed by atoms with Gasteiger partial charge in [-0.2, -0.15) is 0 Å². The Morgan fingerprint density at radius 1 is 1.00 bits per heavy atom. The number of ether oxygens (including phenoxy) is 2. The maximum Gasteiger partial charge on any atom is 0.355 e. The summed E-state index contributed by atoms with van der Waals surface area (Å²) in [6.07, 6.45) is -0.803. The maximum absolute atomic E-state index is 14.0. The van der Waals surface area contributed by atoms with Gasteiger partial charge in [0.15, 0.2) is 0 Å². The monoisotopic (exact) mass is 557 g/mol. The van der Waals surface area contributed by atoms with Gasteiger partial charge in [-0.25, -0.2) is 4.79 Å². The number of β-lactam (4-membered cyclic amide) rings is 1. The van der Waals surface area contributed by atoms with Crippen LogP contribution in [0, 0.1) is 0 Å². The third-order valence-corrected chi connectivity index (χ3v) is 9.48. The number of nitrogens with one attached hydrogen (secondary N) is 1. The van der Waals surface area contributed by atoms with E-state index in [-0.39, 0.29) is 24.6 Å². The summed E-state index contributed by atoms with van der Waals surface area (Å²) in [5, 5.41) is 1.16. The first-order chi connectivity index (χ1) is 19.9. The van der Waals surface area contributed by atoms with Crippen LogP contribution in [0.1, 0.15) is 30.4 Å². The van der Waals surface area contributed by atoms with Gasteiger partial charge in [-0.1, -0.05) is 72.8 Å². The van der Waals surface area contributed by atoms with Gasteiger partial charge in [0.2, 0.25) is 5.91 Å². The van der Waals surface area contributed by atoms with E-state index in [4.69, 9.17) is 10.8 Å². The van der Waals surface area contributed by atoms with Crippen LogP contribution >= 0.6 is 0 Å². The fourth-order valence-corrected chi connectivity index (χ4v) is 7.54. The maximum atomic E-state index is 14.0. The number of methoxy groups -OCH3 is 1. The Labute approximate surface area is 235 Å². The number of hydrogen-bond acceptors (Lipinski definition) is 6. The van der Waals surface area contributed by atoms with Gasteiger partial charge >= 0.3 is 5.97 Å². The number of benzene rings is 3. The number of carbonyl (C=O) groups excluding carboxylic acids is 3. The normalized spacial score (nSPS) is 26.9. The smallest absolute Gasteiger partial charge is 0.355 e. The average Bonchev–Trinajstić information content (AvgIpc) is 2.99. The molecular weight excluding hydrogens is 528 g/mol. The van der Waals surface area contributed by atoms with Crippen LogP contribution in [0.15, 0.2) is 96.2 Å². The molecule has 2 amide bonds. The molecule has 8 nitrogen and oxygen atoms in total. The topological polar surface area (TPSA) is 102 Å². The lowest BCUT2D eigenvalue weighted by Gasteiger charge is -2.55. The van der Waals surface area contributed by atoms with E-state index < -0.39 is 51.7 Å². The fraction of sp³-hybridized carbons (Fsp3) is 0.258. The van der Waals surface area contributed by atoms with Gasteiger partial charge in [0.05, 0.1) is 29.6 Å². The third-order valence-electron chi connectivity index (χ3n) is 7.47. The van der Waals surface area contributed by atoms with Gasteiger partial charge in [0.25, 0.3) is 5.91 Å². The van der Waals surface area contributed by atoms with Crippen LogP contribution in [0.5, 0.6) is 5.75 Å². The van der Waals surface area contributed by atoms with Crippen LogP contribution in [-0.2, 0) is 42.9 Å². The fourth-order valence-electron chi connectivity index (χ4n) is 5.40. The second kappa shape index (κ2) is 10.7. The largest absolute Gasteiger partial charge is 0.497 e. The number of carbonyl (C=O) groups is 3. The van der Waals surface area contributed by atoms with Crippen molar-refractivity contribution in [3.8, 4) is 5.75 Å². The van der Waals surface area contributed by atoms with Gasteiger partial charge in [-0.3, -0.25) is 18.7 Å². The van der Waals surface area contributed by atoms with E-state index in [1.54, 1.807) is 31.4 Å². The highest BCUT2D eigenvalue weighted by Gasteiger charge is 2.63. The molecule has 40 heavy (non-hydrogen) atoms. The molecule has 3 aliphatic rings. The number of nitrogens with zero attached hydrogens (tertiary/aromatic N) is 1. The molecule has 0 aromatic heterocycles. The Kier molecular flexibility index (Phi) is 6.65. The molecule has 0 unspecified atom stereocenters. The molecule has 204 valence electrons. The van der Waals surface area contributed by atoms with Crippen LogP contribution in [0.2, 0.25) is 0 Å². The molecule has 2 aliphatic heterocycles. The molecule has 1 saturated carbocycles. The molecule has 9 heteroatoms. The predicted molar refractivity (Wildman–Crippen MR) is 148 cm³/mol. The van der Waals surface area contributed by atoms with E-state index in [0.717, 1.165) is 16.7 Å². The van der Waals surface area contributed by atoms with Crippen LogP contribution in [0.4, 0.5) is 0 Å². The Morgan fingerprint density at radius 3 is 2.35 bits per heavy atom. The quantitative estimate of drug-likeness (QED) is 0.337. The van der Waals surface area contributed by atoms with E-state index >= 15 is 0 Å². The van der Waals surface area contributed by atoms with Crippen LogP contribution in [0.25, 0.3) is 0 Å². The molecule has 1 N–H and O–H groups in total. The molecule has 6 rings (SSSR count). The molecule has 3 aromatic rings. The minimum absolute atomic E-state index is 0.0288. The van der Waals surface area contributed by atoms with Crippen molar-refractivity contribution in [2.45, 2.75) is 42.0 Å². The van der Waals surface area contributed by atoms with Crippen molar-refractivity contribution in [3.05, 3.63) is 113 Å². The zero-order valence-corrected chi connectivity index (χ0v) is 22.5. The predicted octanol–water partition coefficient (Wildman–Crippen LogP) is 3.21. The molecular formula is C31H28N2O6S. The summed E-state index contributed by atoms with van der Waals surface area (Å²) in [6.45, 7) is -0.0535. The minimum atomic E-state index is -1.67. The van der Waals surface area contributed by atoms with Gasteiger partial charge in [-0.15, -0.1) is 0 Å². The van der Waals surface area contributed by atoms with Crippen molar-refractivity contribution < 1.29 is 29.4 Å². The summed E-state index contributed by atoms with van der Waals surface area (Å²) in [4.78, 5) is 40.9. The van der Waals surface area contributed by atoms with E-state index in [1.807, 2.05) is 60.7 Å². The lowest BCUT2D eigenvalue weighted by molar-refractivity contribution is -0.154. The van der Waals surface area contributed by atoms with Gasteiger partial charge < -0.3 is 14.8 Å². The van der Waals surface area contributed by atoms with Crippen LogP contribution in [0.3, 0.4) is 0 Å². The highest BCUT2D eigenvalue weighted by Crippen LogP contribution is 2.53. The van der Waals surface area contributed by atoms with Crippen molar-refractivity contribution in [1.82, 2.24) is 10.2 Å². The first kappa shape index (κ1) is 24.8. The Balaban J connectivity index is 1.28. The zero-order chi connectivity index (χ0) is 28.7. The average molecular weight is 558 g/mol. The third kappa shape index (κ3) is 4.60. The summed E-state index contributed by atoms with van der Waals surface area (Å²) in [5.74, 6) is -1.43. The van der Waals surface area contributed by atoms with E-state index in [1.165, 1.54) is 4.90 Å². The molecule has 1 saturated heterocycles. The highest BCUT2D eigenvalue weighted by molar-refractivity contribution is 7.86. The Bertz CT molecular complexity index is 1550.